The van der Waals surface area contributed by atoms with Crippen LogP contribution >= 0.6 is 0 Å². The number of nitrogens with one attached hydrogen (secondary N) is 1. The molecular weight excluding hydrogens is 336 g/mol. The van der Waals surface area contributed by atoms with Gasteiger partial charge in [0.15, 0.2) is 11.6 Å². The van der Waals surface area contributed by atoms with Crippen LogP contribution in [-0.4, -0.2) is 21.3 Å². The van der Waals surface area contributed by atoms with E-state index in [4.69, 9.17) is 0 Å². The summed E-state index contributed by atoms with van der Waals surface area (Å²) in [5.41, 5.74) is 6.90. The number of phenolic OH excluding ortho intramolecular Hbond substituents is 1. The van der Waals surface area contributed by atoms with Crippen LogP contribution in [0.2, 0.25) is 0 Å². The molecule has 3 aromatic carbocycles. The van der Waals surface area contributed by atoms with E-state index >= 15 is 0 Å². The smallest absolute Gasteiger partial charge is 0.162 e. The molecule has 5 heteroatoms. The second kappa shape index (κ2) is 7.25. The molecule has 0 aliphatic carbocycles. The highest BCUT2D eigenvalue weighted by Gasteiger charge is 2.08. The summed E-state index contributed by atoms with van der Waals surface area (Å²) in [6.45, 7) is 2.05. The molecule has 0 saturated carbocycles. The zero-order valence-electron chi connectivity index (χ0n) is 14.8. The quantitative estimate of drug-likeness (QED) is 0.410. The number of fused-ring (bicyclic) bond motifs is 1. The van der Waals surface area contributed by atoms with Crippen LogP contribution in [-0.2, 0) is 0 Å². The third-order valence-electron chi connectivity index (χ3n) is 4.19. The monoisotopic (exact) mass is 354 g/mol. The average molecular weight is 354 g/mol. The van der Waals surface area contributed by atoms with Crippen molar-refractivity contribution in [2.75, 3.05) is 5.43 Å². The third kappa shape index (κ3) is 3.77. The van der Waals surface area contributed by atoms with Gasteiger partial charge in [-0.1, -0.05) is 42.0 Å². The highest BCUT2D eigenvalue weighted by molar-refractivity contribution is 5.91. The highest BCUT2D eigenvalue weighted by Crippen LogP contribution is 2.25. The molecule has 0 bridgehead atoms. The number of hydrogen-bond acceptors (Lipinski definition) is 5. The standard InChI is InChI=1S/C22H18N4O/c1-15-6-10-17(11-7-15)21-24-20-5-3-2-4-19(20)22(25-21)26-23-14-16-8-12-18(27)13-9-16/h2-14,27H,1H3,(H,24,25,26)/b23-14+. The molecule has 4 aromatic rings. The van der Waals surface area contributed by atoms with Gasteiger partial charge >= 0.3 is 0 Å². The summed E-state index contributed by atoms with van der Waals surface area (Å²) >= 11 is 0. The van der Waals surface area contributed by atoms with Crippen LogP contribution in [0.1, 0.15) is 11.1 Å². The first-order chi connectivity index (χ1) is 13.2. The van der Waals surface area contributed by atoms with Gasteiger partial charge in [0.25, 0.3) is 0 Å². The Morgan fingerprint density at radius 1 is 0.889 bits per heavy atom. The molecule has 0 fully saturated rings. The molecule has 0 aliphatic rings. The van der Waals surface area contributed by atoms with Gasteiger partial charge in [-0.3, -0.25) is 5.43 Å². The average Bonchev–Trinajstić information content (AvgIpc) is 2.70. The summed E-state index contributed by atoms with van der Waals surface area (Å²) in [4.78, 5) is 9.35. The fourth-order valence-corrected chi connectivity index (χ4v) is 2.72. The van der Waals surface area contributed by atoms with Crippen molar-refractivity contribution in [2.24, 2.45) is 5.10 Å². The first kappa shape index (κ1) is 16.7. The maximum absolute atomic E-state index is 9.36. The van der Waals surface area contributed by atoms with Gasteiger partial charge in [0.05, 0.1) is 11.7 Å². The molecule has 0 atom stereocenters. The number of hydrazone groups is 1. The first-order valence-corrected chi connectivity index (χ1v) is 8.61. The van der Waals surface area contributed by atoms with Crippen molar-refractivity contribution in [3.63, 3.8) is 0 Å². The van der Waals surface area contributed by atoms with Crippen molar-refractivity contribution < 1.29 is 5.11 Å². The number of nitrogens with zero attached hydrogens (tertiary/aromatic N) is 3. The molecule has 2 N–H and O–H groups in total. The molecule has 0 saturated heterocycles. The van der Waals surface area contributed by atoms with E-state index in [0.29, 0.717) is 11.6 Å². The van der Waals surface area contributed by atoms with E-state index in [9.17, 15) is 5.11 Å². The van der Waals surface area contributed by atoms with Gasteiger partial charge in [0.1, 0.15) is 5.75 Å². The van der Waals surface area contributed by atoms with E-state index < -0.39 is 0 Å². The summed E-state index contributed by atoms with van der Waals surface area (Å²) in [7, 11) is 0. The van der Waals surface area contributed by atoms with Crippen molar-refractivity contribution in [2.45, 2.75) is 6.92 Å². The van der Waals surface area contributed by atoms with Crippen LogP contribution in [0.15, 0.2) is 77.9 Å². The summed E-state index contributed by atoms with van der Waals surface area (Å²) in [6, 6.07) is 22.8. The Kier molecular flexibility index (Phi) is 4.49. The number of para-hydroxylation sites is 1. The zero-order chi connectivity index (χ0) is 18.6. The third-order valence-corrected chi connectivity index (χ3v) is 4.19. The van der Waals surface area contributed by atoms with E-state index in [2.05, 4.69) is 27.4 Å². The number of phenols is 1. The molecule has 0 amide bonds. The van der Waals surface area contributed by atoms with Crippen LogP contribution in [0, 0.1) is 6.92 Å². The van der Waals surface area contributed by atoms with Crippen molar-refractivity contribution >= 4 is 22.9 Å². The van der Waals surface area contributed by atoms with E-state index in [1.807, 2.05) is 48.5 Å². The topological polar surface area (TPSA) is 70.4 Å². The number of aryl methyl sites for hydroxylation is 1. The van der Waals surface area contributed by atoms with Gasteiger partial charge in [-0.05, 0) is 48.9 Å². The number of aromatic nitrogens is 2. The molecule has 1 heterocycles. The Balaban J connectivity index is 1.70. The summed E-state index contributed by atoms with van der Waals surface area (Å²) < 4.78 is 0. The number of benzene rings is 3. The van der Waals surface area contributed by atoms with Crippen LogP contribution in [0.4, 0.5) is 5.82 Å². The second-order valence-electron chi connectivity index (χ2n) is 6.24. The summed E-state index contributed by atoms with van der Waals surface area (Å²) in [5.74, 6) is 1.52. The Labute approximate surface area is 157 Å². The minimum absolute atomic E-state index is 0.227. The first-order valence-electron chi connectivity index (χ1n) is 8.61. The van der Waals surface area contributed by atoms with Crippen LogP contribution < -0.4 is 5.43 Å². The molecule has 4 rings (SSSR count). The lowest BCUT2D eigenvalue weighted by molar-refractivity contribution is 0.475. The van der Waals surface area contributed by atoms with Crippen LogP contribution in [0.3, 0.4) is 0 Å². The van der Waals surface area contributed by atoms with E-state index in [1.165, 1.54) is 5.56 Å². The zero-order valence-corrected chi connectivity index (χ0v) is 14.8. The molecule has 0 spiro atoms. The predicted molar refractivity (Wildman–Crippen MR) is 109 cm³/mol. The molecular formula is C22H18N4O. The Morgan fingerprint density at radius 3 is 2.41 bits per heavy atom. The van der Waals surface area contributed by atoms with E-state index in [0.717, 1.165) is 22.0 Å². The molecule has 5 nitrogen and oxygen atoms in total. The number of rotatable bonds is 4. The lowest BCUT2D eigenvalue weighted by Gasteiger charge is -2.08. The fourth-order valence-electron chi connectivity index (χ4n) is 2.72. The van der Waals surface area contributed by atoms with Gasteiger partial charge in [-0.2, -0.15) is 5.10 Å². The predicted octanol–water partition coefficient (Wildman–Crippen LogP) is 4.76. The van der Waals surface area contributed by atoms with Crippen LogP contribution in [0.5, 0.6) is 5.75 Å². The highest BCUT2D eigenvalue weighted by atomic mass is 16.3. The minimum Gasteiger partial charge on any atom is -0.508 e. The maximum Gasteiger partial charge on any atom is 0.162 e. The van der Waals surface area contributed by atoms with Gasteiger partial charge in [0, 0.05) is 10.9 Å². The van der Waals surface area contributed by atoms with Crippen LogP contribution in [0.25, 0.3) is 22.3 Å². The molecule has 27 heavy (non-hydrogen) atoms. The van der Waals surface area contributed by atoms with Gasteiger partial charge in [-0.25, -0.2) is 9.97 Å². The lowest BCUT2D eigenvalue weighted by Crippen LogP contribution is -1.99. The van der Waals surface area contributed by atoms with Gasteiger partial charge in [-0.15, -0.1) is 0 Å². The molecule has 0 aliphatic heterocycles. The van der Waals surface area contributed by atoms with Crippen molar-refractivity contribution in [1.82, 2.24) is 9.97 Å². The fraction of sp³-hybridized carbons (Fsp3) is 0.0455. The van der Waals surface area contributed by atoms with Gasteiger partial charge < -0.3 is 5.11 Å². The SMILES string of the molecule is Cc1ccc(-c2nc(N/N=C/c3ccc(O)cc3)c3ccccc3n2)cc1. The van der Waals surface area contributed by atoms with Crippen molar-refractivity contribution in [1.29, 1.82) is 0 Å². The number of hydrogen-bond donors (Lipinski definition) is 2. The van der Waals surface area contributed by atoms with Gasteiger partial charge in [0.2, 0.25) is 0 Å². The summed E-state index contributed by atoms with van der Waals surface area (Å²) in [6.07, 6.45) is 1.68. The molecule has 0 unspecified atom stereocenters. The maximum atomic E-state index is 9.36. The number of aromatic hydroxyl groups is 1. The summed E-state index contributed by atoms with van der Waals surface area (Å²) in [5, 5.41) is 14.6. The number of anilines is 1. The normalized spacial score (nSPS) is 11.1. The van der Waals surface area contributed by atoms with E-state index in [-0.39, 0.29) is 5.75 Å². The Morgan fingerprint density at radius 2 is 1.63 bits per heavy atom. The van der Waals surface area contributed by atoms with E-state index in [1.54, 1.807) is 30.5 Å². The Bertz CT molecular complexity index is 1100. The minimum atomic E-state index is 0.227. The van der Waals surface area contributed by atoms with Crippen molar-refractivity contribution in [3.05, 3.63) is 83.9 Å². The van der Waals surface area contributed by atoms with Crippen molar-refractivity contribution in [3.8, 4) is 17.1 Å². The lowest BCUT2D eigenvalue weighted by atomic mass is 10.1. The molecule has 132 valence electrons. The molecule has 1 aromatic heterocycles. The second-order valence-corrected chi connectivity index (χ2v) is 6.24. The largest absolute Gasteiger partial charge is 0.508 e. The molecule has 0 radical (unpaired) electrons. The Hall–Kier alpha value is -3.73.